The summed E-state index contributed by atoms with van der Waals surface area (Å²) in [6, 6.07) is 0.842. The van der Waals surface area contributed by atoms with Gasteiger partial charge in [-0.3, -0.25) is 9.80 Å². The van der Waals surface area contributed by atoms with Gasteiger partial charge in [-0.25, -0.2) is 0 Å². The number of rotatable bonds is 2. The molecule has 3 rings (SSSR count). The second-order valence-electron chi connectivity index (χ2n) is 5.78. The zero-order chi connectivity index (χ0) is 10.3. The molecule has 0 radical (unpaired) electrons. The van der Waals surface area contributed by atoms with Crippen LogP contribution in [-0.2, 0) is 0 Å². The molecule has 2 aliphatic heterocycles. The topological polar surface area (TPSA) is 32.5 Å². The Hall–Kier alpha value is -0.120. The molecule has 2 saturated heterocycles. The molecule has 3 nitrogen and oxygen atoms in total. The van der Waals surface area contributed by atoms with Gasteiger partial charge in [0.2, 0.25) is 0 Å². The van der Waals surface area contributed by atoms with Crippen molar-refractivity contribution in [2.45, 2.75) is 43.7 Å². The highest BCUT2D eigenvalue weighted by molar-refractivity contribution is 5.02. The number of piperazine rings is 1. The average Bonchev–Trinajstić information content (AvgIpc) is 2.96. The highest BCUT2D eigenvalue weighted by Gasteiger charge is 2.41. The number of fused-ring (bicyclic) bond motifs is 1. The Morgan fingerprint density at radius 1 is 1.13 bits per heavy atom. The molecular formula is C12H23N3. The summed E-state index contributed by atoms with van der Waals surface area (Å²) < 4.78 is 0. The van der Waals surface area contributed by atoms with E-state index in [1.165, 1.54) is 58.3 Å². The van der Waals surface area contributed by atoms with Gasteiger partial charge >= 0.3 is 0 Å². The minimum Gasteiger partial charge on any atom is -0.324 e. The van der Waals surface area contributed by atoms with Gasteiger partial charge in [0, 0.05) is 37.8 Å². The number of nitrogens with zero attached hydrogens (tertiary/aromatic N) is 2. The molecule has 3 fully saturated rings. The molecule has 1 unspecified atom stereocenters. The third kappa shape index (κ3) is 2.19. The molecule has 0 aromatic rings. The molecule has 3 heteroatoms. The molecule has 1 saturated carbocycles. The van der Waals surface area contributed by atoms with Crippen LogP contribution in [0.25, 0.3) is 0 Å². The van der Waals surface area contributed by atoms with E-state index < -0.39 is 0 Å². The number of hydrogen-bond acceptors (Lipinski definition) is 3. The van der Waals surface area contributed by atoms with E-state index in [1.54, 1.807) is 0 Å². The van der Waals surface area contributed by atoms with Gasteiger partial charge in [-0.05, 0) is 32.2 Å². The average molecular weight is 209 g/mol. The van der Waals surface area contributed by atoms with Crippen LogP contribution in [0.2, 0.25) is 0 Å². The van der Waals surface area contributed by atoms with Crippen LogP contribution < -0.4 is 5.73 Å². The van der Waals surface area contributed by atoms with E-state index in [2.05, 4.69) is 9.80 Å². The number of nitrogens with two attached hydrogens (primary N) is 1. The van der Waals surface area contributed by atoms with Gasteiger partial charge in [-0.1, -0.05) is 6.42 Å². The van der Waals surface area contributed by atoms with Crippen molar-refractivity contribution >= 4 is 0 Å². The fraction of sp³-hybridized carbons (Fsp3) is 1.00. The van der Waals surface area contributed by atoms with Crippen LogP contribution in [-0.4, -0.2) is 54.1 Å². The summed E-state index contributed by atoms with van der Waals surface area (Å²) in [5, 5.41) is 0. The van der Waals surface area contributed by atoms with Gasteiger partial charge in [-0.2, -0.15) is 0 Å². The highest BCUT2D eigenvalue weighted by atomic mass is 15.3. The molecular weight excluding hydrogens is 186 g/mol. The molecule has 0 aromatic heterocycles. The van der Waals surface area contributed by atoms with Crippen molar-refractivity contribution in [3.8, 4) is 0 Å². The standard InChI is InChI=1S/C12H23N3/c13-12(4-5-12)10-14-7-8-15-6-2-1-3-11(15)9-14/h11H,1-10,13H2. The molecule has 15 heavy (non-hydrogen) atoms. The van der Waals surface area contributed by atoms with Crippen LogP contribution in [0, 0.1) is 0 Å². The monoisotopic (exact) mass is 209 g/mol. The summed E-state index contributed by atoms with van der Waals surface area (Å²) in [7, 11) is 0. The molecule has 2 N–H and O–H groups in total. The lowest BCUT2D eigenvalue weighted by atomic mass is 9.99. The SMILES string of the molecule is NC1(CN2CCN3CCCCC3C2)CC1. The van der Waals surface area contributed by atoms with Crippen molar-refractivity contribution in [2.75, 3.05) is 32.7 Å². The Balaban J connectivity index is 1.55. The summed E-state index contributed by atoms with van der Waals surface area (Å²) in [6.45, 7) is 6.29. The lowest BCUT2D eigenvalue weighted by Crippen LogP contribution is -2.56. The fourth-order valence-electron chi connectivity index (χ4n) is 3.13. The molecule has 0 spiro atoms. The lowest BCUT2D eigenvalue weighted by molar-refractivity contribution is 0.0454. The van der Waals surface area contributed by atoms with Crippen molar-refractivity contribution in [3.63, 3.8) is 0 Å². The van der Waals surface area contributed by atoms with Crippen molar-refractivity contribution in [1.29, 1.82) is 0 Å². The molecule has 0 bridgehead atoms. The minimum absolute atomic E-state index is 0.205. The maximum absolute atomic E-state index is 6.19. The molecule has 1 atom stereocenters. The van der Waals surface area contributed by atoms with E-state index in [9.17, 15) is 0 Å². The summed E-state index contributed by atoms with van der Waals surface area (Å²) in [5.74, 6) is 0. The van der Waals surface area contributed by atoms with Crippen LogP contribution >= 0.6 is 0 Å². The second kappa shape index (κ2) is 3.72. The van der Waals surface area contributed by atoms with Gasteiger partial charge < -0.3 is 5.73 Å². The fourth-order valence-corrected chi connectivity index (χ4v) is 3.13. The van der Waals surface area contributed by atoms with Crippen molar-refractivity contribution < 1.29 is 0 Å². The van der Waals surface area contributed by atoms with Crippen molar-refractivity contribution in [1.82, 2.24) is 9.80 Å². The zero-order valence-corrected chi connectivity index (χ0v) is 9.62. The van der Waals surface area contributed by atoms with Gasteiger partial charge in [0.05, 0.1) is 0 Å². The normalized spacial score (nSPS) is 36.2. The van der Waals surface area contributed by atoms with Crippen LogP contribution in [0.3, 0.4) is 0 Å². The summed E-state index contributed by atoms with van der Waals surface area (Å²) in [4.78, 5) is 5.30. The predicted molar refractivity (Wildman–Crippen MR) is 61.8 cm³/mol. The Labute approximate surface area is 92.6 Å². The van der Waals surface area contributed by atoms with Gasteiger partial charge in [0.25, 0.3) is 0 Å². The van der Waals surface area contributed by atoms with E-state index in [-0.39, 0.29) is 5.54 Å². The maximum Gasteiger partial charge on any atom is 0.0284 e. The van der Waals surface area contributed by atoms with Crippen LogP contribution in [0.1, 0.15) is 32.1 Å². The first kappa shape index (κ1) is 10.1. The van der Waals surface area contributed by atoms with E-state index >= 15 is 0 Å². The minimum atomic E-state index is 0.205. The largest absolute Gasteiger partial charge is 0.324 e. The summed E-state index contributed by atoms with van der Waals surface area (Å²) in [5.41, 5.74) is 6.40. The van der Waals surface area contributed by atoms with E-state index in [1.807, 2.05) is 0 Å². The van der Waals surface area contributed by atoms with E-state index in [0.717, 1.165) is 12.6 Å². The first-order valence-corrected chi connectivity index (χ1v) is 6.51. The Morgan fingerprint density at radius 2 is 2.00 bits per heavy atom. The van der Waals surface area contributed by atoms with Crippen LogP contribution in [0.15, 0.2) is 0 Å². The first-order valence-electron chi connectivity index (χ1n) is 6.51. The molecule has 3 aliphatic rings. The summed E-state index contributed by atoms with van der Waals surface area (Å²) in [6.07, 6.45) is 6.75. The van der Waals surface area contributed by atoms with E-state index in [0.29, 0.717) is 0 Å². The third-order valence-electron chi connectivity index (χ3n) is 4.35. The maximum atomic E-state index is 6.19. The first-order chi connectivity index (χ1) is 7.25. The smallest absolute Gasteiger partial charge is 0.0284 e. The molecule has 0 aromatic carbocycles. The number of hydrogen-bond donors (Lipinski definition) is 1. The van der Waals surface area contributed by atoms with E-state index in [4.69, 9.17) is 5.73 Å². The van der Waals surface area contributed by atoms with Crippen molar-refractivity contribution in [3.05, 3.63) is 0 Å². The van der Waals surface area contributed by atoms with Gasteiger partial charge in [0.15, 0.2) is 0 Å². The van der Waals surface area contributed by atoms with Crippen molar-refractivity contribution in [2.24, 2.45) is 5.73 Å². The Kier molecular flexibility index (Phi) is 2.49. The van der Waals surface area contributed by atoms with Gasteiger partial charge in [0.1, 0.15) is 0 Å². The number of piperidine rings is 1. The van der Waals surface area contributed by atoms with Gasteiger partial charge in [-0.15, -0.1) is 0 Å². The Bertz CT molecular complexity index is 237. The lowest BCUT2D eigenvalue weighted by Gasteiger charge is -2.44. The quantitative estimate of drug-likeness (QED) is 0.725. The molecule has 2 heterocycles. The Morgan fingerprint density at radius 3 is 2.80 bits per heavy atom. The third-order valence-corrected chi connectivity index (χ3v) is 4.35. The molecule has 86 valence electrons. The van der Waals surface area contributed by atoms with Crippen LogP contribution in [0.5, 0.6) is 0 Å². The zero-order valence-electron chi connectivity index (χ0n) is 9.62. The van der Waals surface area contributed by atoms with Crippen LogP contribution in [0.4, 0.5) is 0 Å². The summed E-state index contributed by atoms with van der Waals surface area (Å²) >= 11 is 0. The second-order valence-corrected chi connectivity index (χ2v) is 5.78. The molecule has 0 amide bonds. The highest BCUT2D eigenvalue weighted by Crippen LogP contribution is 2.33. The molecule has 1 aliphatic carbocycles. The predicted octanol–water partition coefficient (Wildman–Crippen LogP) is 0.648.